The number of alkyl halides is 6. The highest BCUT2D eigenvalue weighted by Gasteiger charge is 2.39. The van der Waals surface area contributed by atoms with Gasteiger partial charge in [-0.2, -0.15) is 13.2 Å². The monoisotopic (exact) mass is 532 g/mol. The van der Waals surface area contributed by atoms with Crippen LogP contribution in [-0.4, -0.2) is 33.3 Å². The molecule has 0 aliphatic carbocycles. The van der Waals surface area contributed by atoms with Gasteiger partial charge in [0.15, 0.2) is 6.10 Å². The van der Waals surface area contributed by atoms with Gasteiger partial charge in [-0.25, -0.2) is 4.79 Å². The predicted octanol–water partition coefficient (Wildman–Crippen LogP) is 5.03. The van der Waals surface area contributed by atoms with Crippen LogP contribution >= 0.6 is 11.3 Å². The standard InChI is InChI=1S/C22H14F6N2O5S/c23-21(24,25)17(31)10-30-15-9-16(36-18(15)19(32)29-20(30)33)11-1-3-12(4-2-11)34-13-5-7-14(8-6-13)35-22(26,27)28/h1-9,17,31H,10H2,(H,29,32,33). The van der Waals surface area contributed by atoms with Crippen LogP contribution in [0.4, 0.5) is 26.3 Å². The Labute approximate surface area is 200 Å². The molecule has 0 radical (unpaired) electrons. The Morgan fingerprint density at radius 2 is 1.47 bits per heavy atom. The highest BCUT2D eigenvalue weighted by molar-refractivity contribution is 7.22. The van der Waals surface area contributed by atoms with Gasteiger partial charge in [-0.1, -0.05) is 0 Å². The molecule has 0 spiro atoms. The van der Waals surface area contributed by atoms with Crippen molar-refractivity contribution in [2.24, 2.45) is 0 Å². The molecule has 4 rings (SSSR count). The number of thiophene rings is 1. The van der Waals surface area contributed by atoms with E-state index in [4.69, 9.17) is 4.74 Å². The van der Waals surface area contributed by atoms with Crippen molar-refractivity contribution < 1.29 is 40.9 Å². The molecule has 14 heteroatoms. The Balaban J connectivity index is 1.57. The van der Waals surface area contributed by atoms with Gasteiger partial charge in [0.2, 0.25) is 0 Å². The molecule has 36 heavy (non-hydrogen) atoms. The van der Waals surface area contributed by atoms with E-state index in [0.717, 1.165) is 23.5 Å². The van der Waals surface area contributed by atoms with Crippen molar-refractivity contribution in [3.63, 3.8) is 0 Å². The second-order valence-electron chi connectivity index (χ2n) is 7.40. The average molecular weight is 532 g/mol. The lowest BCUT2D eigenvalue weighted by atomic mass is 10.2. The van der Waals surface area contributed by atoms with E-state index in [0.29, 0.717) is 20.8 Å². The van der Waals surface area contributed by atoms with E-state index in [1.165, 1.54) is 30.3 Å². The summed E-state index contributed by atoms with van der Waals surface area (Å²) in [4.78, 5) is 26.7. The maximum atomic E-state index is 12.8. The molecular formula is C22H14F6N2O5S. The molecule has 190 valence electrons. The van der Waals surface area contributed by atoms with Crippen molar-refractivity contribution in [1.82, 2.24) is 9.55 Å². The minimum absolute atomic E-state index is 0.000432. The number of benzene rings is 2. The summed E-state index contributed by atoms with van der Waals surface area (Å²) in [6.45, 7) is -1.09. The SMILES string of the molecule is O=c1[nH]c(=O)n(CC(O)C(F)(F)F)c2cc(-c3ccc(Oc4ccc(OC(F)(F)F)cc4)cc3)sc12. The molecule has 7 nitrogen and oxygen atoms in total. The Bertz CT molecular complexity index is 1490. The van der Waals surface area contributed by atoms with E-state index in [9.17, 15) is 41.0 Å². The molecule has 2 aromatic carbocycles. The minimum Gasteiger partial charge on any atom is -0.457 e. The van der Waals surface area contributed by atoms with E-state index in [1.807, 2.05) is 4.98 Å². The molecule has 0 fully saturated rings. The fourth-order valence-electron chi connectivity index (χ4n) is 3.21. The Morgan fingerprint density at radius 3 is 2.03 bits per heavy atom. The summed E-state index contributed by atoms with van der Waals surface area (Å²) < 4.78 is 85.2. The van der Waals surface area contributed by atoms with Gasteiger partial charge >= 0.3 is 18.2 Å². The number of ether oxygens (including phenoxy) is 2. The Morgan fingerprint density at radius 1 is 0.917 bits per heavy atom. The first-order chi connectivity index (χ1) is 16.8. The van der Waals surface area contributed by atoms with Crippen molar-refractivity contribution in [3.05, 3.63) is 75.4 Å². The highest BCUT2D eigenvalue weighted by Crippen LogP contribution is 2.34. The van der Waals surface area contributed by atoms with Crippen LogP contribution in [0.5, 0.6) is 17.2 Å². The van der Waals surface area contributed by atoms with Crippen LogP contribution < -0.4 is 20.7 Å². The van der Waals surface area contributed by atoms with Crippen molar-refractivity contribution in [3.8, 4) is 27.7 Å². The zero-order valence-corrected chi connectivity index (χ0v) is 18.5. The van der Waals surface area contributed by atoms with E-state index in [1.54, 1.807) is 12.1 Å². The van der Waals surface area contributed by atoms with Crippen molar-refractivity contribution >= 4 is 21.6 Å². The largest absolute Gasteiger partial charge is 0.573 e. The zero-order valence-electron chi connectivity index (χ0n) is 17.7. The number of halogens is 6. The van der Waals surface area contributed by atoms with Crippen LogP contribution in [0, 0.1) is 0 Å². The quantitative estimate of drug-likeness (QED) is 0.340. The van der Waals surface area contributed by atoms with Gasteiger partial charge in [-0.3, -0.25) is 14.3 Å². The Hall–Kier alpha value is -3.78. The lowest BCUT2D eigenvalue weighted by Gasteiger charge is -2.16. The van der Waals surface area contributed by atoms with Gasteiger partial charge in [0.1, 0.15) is 21.9 Å². The molecule has 0 bridgehead atoms. The maximum absolute atomic E-state index is 12.8. The number of nitrogens with one attached hydrogen (secondary N) is 1. The highest BCUT2D eigenvalue weighted by atomic mass is 32.1. The summed E-state index contributed by atoms with van der Waals surface area (Å²) >= 11 is 0.937. The van der Waals surface area contributed by atoms with Crippen LogP contribution in [0.1, 0.15) is 0 Å². The lowest BCUT2D eigenvalue weighted by molar-refractivity contribution is -0.274. The molecule has 0 saturated carbocycles. The van der Waals surface area contributed by atoms with Gasteiger partial charge < -0.3 is 14.6 Å². The van der Waals surface area contributed by atoms with Crippen LogP contribution in [0.3, 0.4) is 0 Å². The number of aromatic amines is 1. The first-order valence-corrected chi connectivity index (χ1v) is 10.8. The molecule has 1 atom stereocenters. The van der Waals surface area contributed by atoms with Gasteiger partial charge in [-0.15, -0.1) is 24.5 Å². The van der Waals surface area contributed by atoms with Gasteiger partial charge in [0.05, 0.1) is 12.1 Å². The number of nitrogens with zero attached hydrogens (tertiary/aromatic N) is 1. The number of H-pyrrole nitrogens is 1. The molecule has 2 heterocycles. The van der Waals surface area contributed by atoms with Crippen LogP contribution in [0.15, 0.2) is 64.2 Å². The summed E-state index contributed by atoms with van der Waals surface area (Å²) in [5.41, 5.74) is -1.38. The first kappa shape index (κ1) is 25.3. The van der Waals surface area contributed by atoms with Crippen LogP contribution in [0.25, 0.3) is 20.7 Å². The molecular weight excluding hydrogens is 518 g/mol. The van der Waals surface area contributed by atoms with E-state index in [2.05, 4.69) is 4.74 Å². The number of aromatic nitrogens is 2. The summed E-state index contributed by atoms with van der Waals surface area (Å²) in [6.07, 6.45) is -12.6. The first-order valence-electron chi connectivity index (χ1n) is 9.96. The minimum atomic E-state index is -4.96. The normalized spacial score (nSPS) is 13.1. The van der Waals surface area contributed by atoms with E-state index >= 15 is 0 Å². The molecule has 2 N–H and O–H groups in total. The molecule has 0 aliphatic rings. The van der Waals surface area contributed by atoms with Crippen LogP contribution in [-0.2, 0) is 6.54 Å². The maximum Gasteiger partial charge on any atom is 0.573 e. The van der Waals surface area contributed by atoms with Gasteiger partial charge in [0.25, 0.3) is 5.56 Å². The number of rotatable bonds is 6. The lowest BCUT2D eigenvalue weighted by Crippen LogP contribution is -2.38. The van der Waals surface area contributed by atoms with Crippen molar-refractivity contribution in [1.29, 1.82) is 0 Å². The molecule has 0 aliphatic heterocycles. The molecule has 2 aromatic heterocycles. The zero-order chi connectivity index (χ0) is 26.3. The predicted molar refractivity (Wildman–Crippen MR) is 117 cm³/mol. The van der Waals surface area contributed by atoms with E-state index < -0.39 is 42.2 Å². The number of fused-ring (bicyclic) bond motifs is 1. The third kappa shape index (κ3) is 5.71. The van der Waals surface area contributed by atoms with Crippen molar-refractivity contribution in [2.45, 2.75) is 25.2 Å². The number of hydrogen-bond acceptors (Lipinski definition) is 6. The molecule has 0 amide bonds. The summed E-state index contributed by atoms with van der Waals surface area (Å²) in [7, 11) is 0. The molecule has 1 unspecified atom stereocenters. The van der Waals surface area contributed by atoms with Gasteiger partial charge in [-0.05, 0) is 60.2 Å². The summed E-state index contributed by atoms with van der Waals surface area (Å²) in [6, 6.07) is 12.3. The van der Waals surface area contributed by atoms with Crippen LogP contribution in [0.2, 0.25) is 0 Å². The topological polar surface area (TPSA) is 93.6 Å². The number of hydrogen-bond donors (Lipinski definition) is 2. The molecule has 4 aromatic rings. The average Bonchev–Trinajstić information content (AvgIpc) is 3.23. The second kappa shape index (κ2) is 9.35. The van der Waals surface area contributed by atoms with E-state index in [-0.39, 0.29) is 16.0 Å². The third-order valence-corrected chi connectivity index (χ3v) is 6.01. The van der Waals surface area contributed by atoms with Gasteiger partial charge in [0, 0.05) is 4.88 Å². The number of aliphatic hydroxyl groups excluding tert-OH is 1. The fourth-order valence-corrected chi connectivity index (χ4v) is 4.27. The number of aliphatic hydroxyl groups is 1. The third-order valence-electron chi connectivity index (χ3n) is 4.84. The summed E-state index contributed by atoms with van der Waals surface area (Å²) in [5.74, 6) is 0.150. The second-order valence-corrected chi connectivity index (χ2v) is 8.45. The smallest absolute Gasteiger partial charge is 0.457 e. The van der Waals surface area contributed by atoms with Crippen molar-refractivity contribution in [2.75, 3.05) is 0 Å². The summed E-state index contributed by atoms with van der Waals surface area (Å²) in [5, 5.41) is 9.39. The fraction of sp³-hybridized carbons (Fsp3) is 0.182. The Kier molecular flexibility index (Phi) is 6.58. The molecule has 0 saturated heterocycles.